The standard InChI is InChI=1S/C11H21NO2S/c1-11(2,3)10(13)14-12-6-4-5-9(7-12)8-15/h9,15H,4-8H2,1-3H3. The zero-order valence-corrected chi connectivity index (χ0v) is 10.7. The molecule has 0 aromatic heterocycles. The van der Waals surface area contributed by atoms with Crippen LogP contribution in [-0.4, -0.2) is 29.9 Å². The van der Waals surface area contributed by atoms with Crippen LogP contribution in [0.1, 0.15) is 33.6 Å². The Balaban J connectivity index is 2.41. The van der Waals surface area contributed by atoms with E-state index in [0.29, 0.717) is 5.92 Å². The summed E-state index contributed by atoms with van der Waals surface area (Å²) >= 11 is 4.28. The quantitative estimate of drug-likeness (QED) is 0.738. The predicted octanol–water partition coefficient (Wildman–Crippen LogP) is 2.13. The Morgan fingerprint density at radius 1 is 1.53 bits per heavy atom. The van der Waals surface area contributed by atoms with Crippen LogP contribution in [-0.2, 0) is 9.63 Å². The highest BCUT2D eigenvalue weighted by molar-refractivity contribution is 7.80. The van der Waals surface area contributed by atoms with Crippen LogP contribution >= 0.6 is 12.6 Å². The van der Waals surface area contributed by atoms with Gasteiger partial charge in [-0.05, 0) is 45.3 Å². The van der Waals surface area contributed by atoms with Crippen molar-refractivity contribution in [3.63, 3.8) is 0 Å². The van der Waals surface area contributed by atoms with Crippen LogP contribution in [0.4, 0.5) is 0 Å². The molecule has 0 N–H and O–H groups in total. The summed E-state index contributed by atoms with van der Waals surface area (Å²) in [6.45, 7) is 7.29. The maximum atomic E-state index is 11.6. The fourth-order valence-electron chi connectivity index (χ4n) is 1.51. The van der Waals surface area contributed by atoms with Gasteiger partial charge in [-0.1, -0.05) is 0 Å². The fraction of sp³-hybridized carbons (Fsp3) is 0.909. The van der Waals surface area contributed by atoms with E-state index in [0.717, 1.165) is 25.3 Å². The summed E-state index contributed by atoms with van der Waals surface area (Å²) in [5, 5.41) is 1.79. The fourth-order valence-corrected chi connectivity index (χ4v) is 1.81. The molecule has 88 valence electrons. The van der Waals surface area contributed by atoms with E-state index < -0.39 is 5.41 Å². The number of rotatable bonds is 2. The minimum atomic E-state index is -0.423. The first-order valence-electron chi connectivity index (χ1n) is 5.51. The van der Waals surface area contributed by atoms with Gasteiger partial charge in [-0.2, -0.15) is 12.6 Å². The van der Waals surface area contributed by atoms with Crippen molar-refractivity contribution in [3.8, 4) is 0 Å². The Labute approximate surface area is 97.5 Å². The van der Waals surface area contributed by atoms with Crippen LogP contribution in [0.15, 0.2) is 0 Å². The number of thiol groups is 1. The molecule has 0 spiro atoms. The highest BCUT2D eigenvalue weighted by Gasteiger charge is 2.28. The van der Waals surface area contributed by atoms with E-state index in [1.54, 1.807) is 5.06 Å². The molecule has 4 heteroatoms. The lowest BCUT2D eigenvalue weighted by atomic mass is 9.97. The molecule has 3 nitrogen and oxygen atoms in total. The summed E-state index contributed by atoms with van der Waals surface area (Å²) < 4.78 is 0. The van der Waals surface area contributed by atoms with Gasteiger partial charge in [-0.25, -0.2) is 4.79 Å². The van der Waals surface area contributed by atoms with Gasteiger partial charge in [-0.15, -0.1) is 5.06 Å². The van der Waals surface area contributed by atoms with Crippen molar-refractivity contribution < 1.29 is 9.63 Å². The minimum Gasteiger partial charge on any atom is -0.367 e. The minimum absolute atomic E-state index is 0.151. The third-order valence-corrected chi connectivity index (χ3v) is 3.08. The van der Waals surface area contributed by atoms with E-state index in [1.807, 2.05) is 20.8 Å². The molecule has 1 aliphatic heterocycles. The van der Waals surface area contributed by atoms with Crippen LogP contribution < -0.4 is 0 Å². The molecule has 1 heterocycles. The molecule has 1 saturated heterocycles. The van der Waals surface area contributed by atoms with Crippen LogP contribution in [0, 0.1) is 11.3 Å². The lowest BCUT2D eigenvalue weighted by Gasteiger charge is -2.32. The molecule has 0 bridgehead atoms. The number of hydrogen-bond donors (Lipinski definition) is 1. The molecule has 1 rings (SSSR count). The summed E-state index contributed by atoms with van der Waals surface area (Å²) in [6.07, 6.45) is 2.27. The average molecular weight is 231 g/mol. The largest absolute Gasteiger partial charge is 0.367 e. The molecule has 0 radical (unpaired) electrons. The van der Waals surface area contributed by atoms with Gasteiger partial charge in [0.05, 0.1) is 5.41 Å². The second-order valence-electron chi connectivity index (χ2n) is 5.21. The van der Waals surface area contributed by atoms with Crippen molar-refractivity contribution >= 4 is 18.6 Å². The zero-order valence-electron chi connectivity index (χ0n) is 9.82. The number of nitrogens with zero attached hydrogens (tertiary/aromatic N) is 1. The summed E-state index contributed by atoms with van der Waals surface area (Å²) in [4.78, 5) is 17.0. The van der Waals surface area contributed by atoms with Gasteiger partial charge in [0.2, 0.25) is 0 Å². The number of hydrogen-bond acceptors (Lipinski definition) is 4. The molecule has 0 saturated carbocycles. The Morgan fingerprint density at radius 3 is 2.73 bits per heavy atom. The van der Waals surface area contributed by atoms with Crippen LogP contribution in [0.3, 0.4) is 0 Å². The van der Waals surface area contributed by atoms with Gasteiger partial charge < -0.3 is 4.84 Å². The molecule has 1 unspecified atom stereocenters. The first kappa shape index (κ1) is 12.8. The number of carbonyl (C=O) groups is 1. The smallest absolute Gasteiger partial charge is 0.330 e. The van der Waals surface area contributed by atoms with Gasteiger partial charge >= 0.3 is 5.97 Å². The zero-order chi connectivity index (χ0) is 11.5. The lowest BCUT2D eigenvalue weighted by molar-refractivity contribution is -0.207. The average Bonchev–Trinajstić information content (AvgIpc) is 2.16. The number of carbonyl (C=O) groups excluding carboxylic acids is 1. The van der Waals surface area contributed by atoms with Gasteiger partial charge in [-0.3, -0.25) is 0 Å². The Kier molecular flexibility index (Phi) is 4.46. The highest BCUT2D eigenvalue weighted by atomic mass is 32.1. The lowest BCUT2D eigenvalue weighted by Crippen LogP contribution is -2.40. The monoisotopic (exact) mass is 231 g/mol. The molecule has 0 aromatic rings. The van der Waals surface area contributed by atoms with Crippen molar-refractivity contribution in [1.29, 1.82) is 0 Å². The van der Waals surface area contributed by atoms with E-state index in [2.05, 4.69) is 12.6 Å². The van der Waals surface area contributed by atoms with E-state index >= 15 is 0 Å². The first-order valence-corrected chi connectivity index (χ1v) is 6.15. The second-order valence-corrected chi connectivity index (χ2v) is 5.57. The predicted molar refractivity (Wildman–Crippen MR) is 63.7 cm³/mol. The normalized spacial score (nSPS) is 23.9. The number of piperidine rings is 1. The summed E-state index contributed by atoms with van der Waals surface area (Å²) in [7, 11) is 0. The maximum absolute atomic E-state index is 11.6. The Morgan fingerprint density at radius 2 is 2.20 bits per heavy atom. The van der Waals surface area contributed by atoms with Crippen molar-refractivity contribution in [3.05, 3.63) is 0 Å². The van der Waals surface area contributed by atoms with Crippen LogP contribution in [0.25, 0.3) is 0 Å². The molecule has 0 amide bonds. The molecular weight excluding hydrogens is 210 g/mol. The van der Waals surface area contributed by atoms with Crippen molar-refractivity contribution in [1.82, 2.24) is 5.06 Å². The van der Waals surface area contributed by atoms with E-state index in [4.69, 9.17) is 4.84 Å². The van der Waals surface area contributed by atoms with Crippen LogP contribution in [0.5, 0.6) is 0 Å². The molecule has 1 atom stereocenters. The molecule has 0 aliphatic carbocycles. The SMILES string of the molecule is CC(C)(C)C(=O)ON1CCCC(CS)C1. The first-order chi connectivity index (χ1) is 6.93. The topological polar surface area (TPSA) is 29.5 Å². The molecule has 1 fully saturated rings. The number of hydroxylamine groups is 2. The van der Waals surface area contributed by atoms with Gasteiger partial charge in [0.1, 0.15) is 0 Å². The van der Waals surface area contributed by atoms with Gasteiger partial charge in [0.15, 0.2) is 0 Å². The van der Waals surface area contributed by atoms with Crippen molar-refractivity contribution in [2.24, 2.45) is 11.3 Å². The molecule has 1 aliphatic rings. The summed E-state index contributed by atoms with van der Waals surface area (Å²) in [5.74, 6) is 1.26. The van der Waals surface area contributed by atoms with Gasteiger partial charge in [0.25, 0.3) is 0 Å². The maximum Gasteiger partial charge on any atom is 0.330 e. The van der Waals surface area contributed by atoms with E-state index in [-0.39, 0.29) is 5.97 Å². The summed E-state index contributed by atoms with van der Waals surface area (Å²) in [5.41, 5.74) is -0.423. The van der Waals surface area contributed by atoms with Crippen molar-refractivity contribution in [2.75, 3.05) is 18.8 Å². The molecular formula is C11H21NO2S. The van der Waals surface area contributed by atoms with E-state index in [1.165, 1.54) is 6.42 Å². The second kappa shape index (κ2) is 5.21. The molecule has 0 aromatic carbocycles. The third kappa shape index (κ3) is 4.03. The Bertz CT molecular complexity index is 225. The Hall–Kier alpha value is -0.220. The highest BCUT2D eigenvalue weighted by Crippen LogP contribution is 2.21. The van der Waals surface area contributed by atoms with Crippen LogP contribution in [0.2, 0.25) is 0 Å². The summed E-state index contributed by atoms with van der Waals surface area (Å²) in [6, 6.07) is 0. The van der Waals surface area contributed by atoms with Crippen molar-refractivity contribution in [2.45, 2.75) is 33.6 Å². The van der Waals surface area contributed by atoms with E-state index in [9.17, 15) is 4.79 Å². The molecule has 15 heavy (non-hydrogen) atoms. The van der Waals surface area contributed by atoms with Gasteiger partial charge in [0, 0.05) is 13.1 Å². The third-order valence-electron chi connectivity index (χ3n) is 2.56.